The molecule has 3 N–H and O–H groups in total. The summed E-state index contributed by atoms with van der Waals surface area (Å²) in [5.41, 5.74) is 12.0. The van der Waals surface area contributed by atoms with E-state index in [2.05, 4.69) is 23.5 Å². The first-order valence-electron chi connectivity index (χ1n) is 8.58. The Morgan fingerprint density at radius 2 is 1.58 bits per heavy atom. The zero-order valence-corrected chi connectivity index (χ0v) is 16.4. The first-order chi connectivity index (χ1) is 10.8. The number of aliphatic hydroxyl groups is 1. The number of carbonyl (C=O) groups excluding carboxylic acids is 1. The average Bonchev–Trinajstić information content (AvgIpc) is 2.67. The summed E-state index contributed by atoms with van der Waals surface area (Å²) in [5, 5.41) is 9.49. The van der Waals surface area contributed by atoms with Crippen LogP contribution in [0.3, 0.4) is 0 Å². The van der Waals surface area contributed by atoms with Gasteiger partial charge in [-0.05, 0) is 10.8 Å². The van der Waals surface area contributed by atoms with Crippen LogP contribution in [0.1, 0.15) is 12.0 Å². The lowest BCUT2D eigenvalue weighted by molar-refractivity contribution is -0.137. The highest BCUT2D eigenvalue weighted by atomic mass is 35.5. The van der Waals surface area contributed by atoms with Gasteiger partial charge in [-0.1, -0.05) is 28.0 Å². The molecule has 1 saturated carbocycles. The van der Waals surface area contributed by atoms with Gasteiger partial charge in [-0.25, -0.2) is 0 Å². The van der Waals surface area contributed by atoms with E-state index in [-0.39, 0.29) is 11.9 Å². The summed E-state index contributed by atoms with van der Waals surface area (Å²) in [7, 11) is 14.1. The summed E-state index contributed by atoms with van der Waals surface area (Å²) in [4.78, 5) is 13.3. The molecule has 12 heteroatoms. The van der Waals surface area contributed by atoms with Crippen molar-refractivity contribution < 1.29 is 9.90 Å². The number of carbonyl (C=O) groups is 1. The van der Waals surface area contributed by atoms with Crippen LogP contribution in [0.2, 0.25) is 10.4 Å². The van der Waals surface area contributed by atoms with Gasteiger partial charge >= 0.3 is 0 Å². The second-order valence-corrected chi connectivity index (χ2v) is 9.25. The van der Waals surface area contributed by atoms with Crippen LogP contribution < -0.4 is 33.0 Å². The highest BCUT2D eigenvalue weighted by molar-refractivity contribution is 7.20. The Balaban J connectivity index is 2.43. The van der Waals surface area contributed by atoms with Gasteiger partial charge in [-0.15, -0.1) is 10.9 Å². The fourth-order valence-electron chi connectivity index (χ4n) is 5.22. The van der Waals surface area contributed by atoms with Crippen molar-refractivity contribution in [2.24, 2.45) is 5.73 Å². The van der Waals surface area contributed by atoms with Crippen LogP contribution in [0.25, 0.3) is 0 Å². The van der Waals surface area contributed by atoms with Gasteiger partial charge in [0.2, 0.25) is 0 Å². The third kappa shape index (κ3) is 1.84. The van der Waals surface area contributed by atoms with E-state index in [1.165, 1.54) is 5.46 Å². The molecule has 2 aliphatic rings. The molecular formula is C12H20B8ClNO2. The summed E-state index contributed by atoms with van der Waals surface area (Å²) in [6.07, 6.45) is -0.818. The second-order valence-electron chi connectivity index (χ2n) is 8.81. The molecule has 24 heavy (non-hydrogen) atoms. The van der Waals surface area contributed by atoms with Crippen molar-refractivity contribution in [3.63, 3.8) is 0 Å². The minimum absolute atomic E-state index is 0.295. The molecule has 1 aromatic rings. The molecule has 1 aromatic carbocycles. The summed E-state index contributed by atoms with van der Waals surface area (Å²) >= 11 is 6.98. The Hall–Kier alpha value is -0.381. The van der Waals surface area contributed by atoms with Gasteiger partial charge in [0, 0.05) is 0 Å². The smallest absolute Gasteiger partial charge is 0.283 e. The lowest BCUT2D eigenvalue weighted by Crippen LogP contribution is -2.66. The largest absolute Gasteiger partial charge is 0.386 e. The lowest BCUT2D eigenvalue weighted by atomic mass is 9.27. The van der Waals surface area contributed by atoms with Crippen LogP contribution in [0.5, 0.6) is 0 Å². The zero-order valence-electron chi connectivity index (χ0n) is 15.7. The maximum Gasteiger partial charge on any atom is 0.283 e. The molecule has 0 saturated heterocycles. The second kappa shape index (κ2) is 5.08. The van der Waals surface area contributed by atoms with Gasteiger partial charge in [0.05, 0.1) is 5.54 Å². The minimum Gasteiger partial charge on any atom is -0.386 e. The molecule has 0 radical (unpaired) electrons. The molecule has 0 bridgehead atoms. The van der Waals surface area contributed by atoms with Crippen LogP contribution in [-0.4, -0.2) is 78.0 Å². The standard InChI is InChI=1S/C12H20B8ClNO2/c13-3-2-7(6(16)5(15)4(3)14)20(21)11(19)1-10(17,18)8(23)9(24)12(2,11)22/h8,23H,1,13-19,22H2. The van der Waals surface area contributed by atoms with Crippen LogP contribution in [0.15, 0.2) is 0 Å². The molecule has 1 aliphatic carbocycles. The van der Waals surface area contributed by atoms with Crippen LogP contribution >= 0.6 is 11.5 Å². The number of nitrogens with two attached hydrogens (primary N) is 1. The number of benzene rings is 1. The number of rotatable bonds is 0. The number of Topliss-reactive ketones (excluding diaryl/α,β-unsaturated/α-hetero) is 1. The molecule has 3 nitrogen and oxygen atoms in total. The highest BCUT2D eigenvalue weighted by Gasteiger charge is 2.69. The van der Waals surface area contributed by atoms with Gasteiger partial charge in [-0.2, -0.15) is 11.5 Å². The topological polar surface area (TPSA) is 63.3 Å². The molecule has 3 unspecified atom stereocenters. The van der Waals surface area contributed by atoms with Crippen LogP contribution in [-0.2, 0) is 10.3 Å². The molecule has 116 valence electrons. The van der Waals surface area contributed by atoms with E-state index in [1.54, 1.807) is 0 Å². The predicted octanol–water partition coefficient (Wildman–Crippen LogP) is -9.63. The van der Waals surface area contributed by atoms with Crippen molar-refractivity contribution in [2.75, 3.05) is 0 Å². The normalized spacial score (nSPS) is 34.0. The van der Waals surface area contributed by atoms with Gasteiger partial charge in [0.15, 0.2) is 5.78 Å². The Kier molecular flexibility index (Phi) is 3.90. The van der Waals surface area contributed by atoms with E-state index in [1.807, 2.05) is 31.4 Å². The van der Waals surface area contributed by atoms with Gasteiger partial charge in [0.25, 0.3) is 6.13 Å². The molecule has 1 fully saturated rings. The third-order valence-electron chi connectivity index (χ3n) is 7.04. The van der Waals surface area contributed by atoms with E-state index >= 15 is 0 Å². The minimum atomic E-state index is -1.24. The maximum absolute atomic E-state index is 13.3. The van der Waals surface area contributed by atoms with Crippen molar-refractivity contribution in [3.8, 4) is 0 Å². The van der Waals surface area contributed by atoms with Crippen molar-refractivity contribution in [3.05, 3.63) is 5.56 Å². The summed E-state index contributed by atoms with van der Waals surface area (Å²) in [6, 6.07) is 0. The molecular weight excluding hydrogens is 312 g/mol. The average molecular weight is 332 g/mol. The van der Waals surface area contributed by atoms with Crippen molar-refractivity contribution in [2.45, 2.75) is 28.5 Å². The van der Waals surface area contributed by atoms with Crippen LogP contribution in [0, 0.1) is 0 Å². The first-order valence-corrected chi connectivity index (χ1v) is 9.02. The molecule has 3 atom stereocenters. The molecule has 0 spiro atoms. The predicted molar refractivity (Wildman–Crippen MR) is 123 cm³/mol. The number of hydrogen-bond donors (Lipinski definition) is 2. The summed E-state index contributed by atoms with van der Waals surface area (Å²) < 4.78 is 0. The summed E-state index contributed by atoms with van der Waals surface area (Å²) in [5.74, 6) is -0.295. The van der Waals surface area contributed by atoms with E-state index in [0.29, 0.717) is 6.42 Å². The highest BCUT2D eigenvalue weighted by Crippen LogP contribution is 2.61. The Morgan fingerprint density at radius 3 is 2.12 bits per heavy atom. The molecule has 3 rings (SSSR count). The van der Waals surface area contributed by atoms with Crippen molar-refractivity contribution >= 4 is 106 Å². The Morgan fingerprint density at radius 1 is 1.08 bits per heavy atom. The first kappa shape index (κ1) is 18.4. The van der Waals surface area contributed by atoms with E-state index < -0.39 is 22.1 Å². The number of hydrogen-bond acceptors (Lipinski definition) is 3. The SMILES string of the molecule is Bc1c(B)c(B)c2c(c1B)B(Cl)C1(B)CC(B)(B)C(O)C(=O)C21N. The van der Waals surface area contributed by atoms with Crippen molar-refractivity contribution in [1.29, 1.82) is 0 Å². The van der Waals surface area contributed by atoms with Gasteiger partial charge in [0.1, 0.15) is 61.0 Å². The van der Waals surface area contributed by atoms with E-state index in [9.17, 15) is 9.90 Å². The third-order valence-corrected chi connectivity index (χ3v) is 7.74. The molecule has 1 heterocycles. The Labute approximate surface area is 155 Å². The quantitative estimate of drug-likeness (QED) is 0.464. The van der Waals surface area contributed by atoms with E-state index in [0.717, 1.165) is 27.4 Å². The monoisotopic (exact) mass is 333 g/mol. The fourth-order valence-corrected chi connectivity index (χ4v) is 5.74. The maximum atomic E-state index is 13.3. The molecule has 0 amide bonds. The van der Waals surface area contributed by atoms with E-state index in [4.69, 9.17) is 17.2 Å². The number of aliphatic hydroxyl groups excluding tert-OH is 1. The number of fused-ring (bicyclic) bond motifs is 3. The van der Waals surface area contributed by atoms with Crippen molar-refractivity contribution in [1.82, 2.24) is 0 Å². The zero-order chi connectivity index (χ0) is 18.4. The summed E-state index contributed by atoms with van der Waals surface area (Å²) in [6.45, 7) is 0. The van der Waals surface area contributed by atoms with Gasteiger partial charge < -0.3 is 10.8 Å². The number of ketones is 1. The number of halogens is 1. The van der Waals surface area contributed by atoms with Gasteiger partial charge in [-0.3, -0.25) is 4.79 Å². The van der Waals surface area contributed by atoms with Crippen LogP contribution in [0.4, 0.5) is 0 Å². The lowest BCUT2D eigenvalue weighted by Gasteiger charge is -2.54. The molecule has 0 aromatic heterocycles. The fraction of sp³-hybridized carbons (Fsp3) is 0.417. The molecule has 1 aliphatic heterocycles. The Bertz CT molecular complexity index is 789.